The highest BCUT2D eigenvalue weighted by molar-refractivity contribution is 7.88. The van der Waals surface area contributed by atoms with E-state index in [1.165, 1.54) is 11.8 Å². The van der Waals surface area contributed by atoms with Crippen LogP contribution >= 0.6 is 0 Å². The Labute approximate surface area is 104 Å². The maximum absolute atomic E-state index is 11.6. The zero-order valence-electron chi connectivity index (χ0n) is 10.3. The summed E-state index contributed by atoms with van der Waals surface area (Å²) in [6.07, 6.45) is 2.36. The molecule has 0 saturated carbocycles. The molecule has 2 atom stereocenters. The van der Waals surface area contributed by atoms with E-state index in [2.05, 4.69) is 19.1 Å². The molecule has 0 spiro atoms. The highest BCUT2D eigenvalue weighted by atomic mass is 32.2. The van der Waals surface area contributed by atoms with Gasteiger partial charge in [0.1, 0.15) is 0 Å². The maximum Gasteiger partial charge on any atom is 0.211 e. The van der Waals surface area contributed by atoms with Crippen LogP contribution < -0.4 is 0 Å². The second-order valence-corrected chi connectivity index (χ2v) is 7.01. The van der Waals surface area contributed by atoms with Gasteiger partial charge in [0.15, 0.2) is 0 Å². The van der Waals surface area contributed by atoms with Gasteiger partial charge in [-0.2, -0.15) is 0 Å². The zero-order valence-corrected chi connectivity index (χ0v) is 11.2. The molecule has 0 bridgehead atoms. The second-order valence-electron chi connectivity index (χ2n) is 5.03. The minimum atomic E-state index is -3.07. The minimum absolute atomic E-state index is 0.328. The summed E-state index contributed by atoms with van der Waals surface area (Å²) >= 11 is 0. The van der Waals surface area contributed by atoms with E-state index in [1.54, 1.807) is 4.31 Å². The molecule has 0 radical (unpaired) electrons. The van der Waals surface area contributed by atoms with Crippen molar-refractivity contribution in [3.05, 3.63) is 35.9 Å². The van der Waals surface area contributed by atoms with E-state index < -0.39 is 10.0 Å². The van der Waals surface area contributed by atoms with Crippen molar-refractivity contribution < 1.29 is 8.42 Å². The Morgan fingerprint density at radius 2 is 1.82 bits per heavy atom. The summed E-state index contributed by atoms with van der Waals surface area (Å²) in [5, 5.41) is 0. The number of piperidine rings is 1. The third kappa shape index (κ3) is 3.07. The SMILES string of the molecule is CC1CC(c2ccccc2)CN(S(C)(=O)=O)C1. The lowest BCUT2D eigenvalue weighted by Gasteiger charge is -2.35. The van der Waals surface area contributed by atoms with Gasteiger partial charge in [-0.1, -0.05) is 37.3 Å². The molecule has 4 heteroatoms. The smallest absolute Gasteiger partial charge is 0.211 e. The Morgan fingerprint density at radius 3 is 2.41 bits per heavy atom. The van der Waals surface area contributed by atoms with E-state index in [-0.39, 0.29) is 0 Å². The minimum Gasteiger partial charge on any atom is -0.213 e. The quantitative estimate of drug-likeness (QED) is 0.809. The summed E-state index contributed by atoms with van der Waals surface area (Å²) in [5.74, 6) is 0.748. The van der Waals surface area contributed by atoms with Gasteiger partial charge in [0.05, 0.1) is 6.26 Å². The summed E-state index contributed by atoms with van der Waals surface area (Å²) < 4.78 is 24.9. The van der Waals surface area contributed by atoms with Gasteiger partial charge in [-0.25, -0.2) is 12.7 Å². The van der Waals surface area contributed by atoms with Gasteiger partial charge in [0.25, 0.3) is 0 Å². The first-order valence-electron chi connectivity index (χ1n) is 5.97. The molecule has 94 valence electrons. The Bertz CT molecular complexity index is 469. The molecule has 0 aromatic heterocycles. The van der Waals surface area contributed by atoms with Gasteiger partial charge >= 0.3 is 0 Å². The number of benzene rings is 1. The highest BCUT2D eigenvalue weighted by Gasteiger charge is 2.30. The fraction of sp³-hybridized carbons (Fsp3) is 0.538. The molecule has 2 unspecified atom stereocenters. The van der Waals surface area contributed by atoms with E-state index >= 15 is 0 Å². The molecule has 1 aromatic carbocycles. The number of sulfonamides is 1. The zero-order chi connectivity index (χ0) is 12.5. The van der Waals surface area contributed by atoms with E-state index in [0.29, 0.717) is 24.9 Å². The molecule has 1 saturated heterocycles. The van der Waals surface area contributed by atoms with E-state index in [4.69, 9.17) is 0 Å². The maximum atomic E-state index is 11.6. The molecule has 0 amide bonds. The van der Waals surface area contributed by atoms with Gasteiger partial charge < -0.3 is 0 Å². The Hall–Kier alpha value is -0.870. The van der Waals surface area contributed by atoms with Crippen molar-refractivity contribution in [2.45, 2.75) is 19.3 Å². The van der Waals surface area contributed by atoms with Crippen LogP contribution in [0, 0.1) is 5.92 Å². The number of rotatable bonds is 2. The summed E-state index contributed by atoms with van der Waals surface area (Å²) in [4.78, 5) is 0. The third-order valence-electron chi connectivity index (χ3n) is 3.37. The van der Waals surface area contributed by atoms with Crippen molar-refractivity contribution in [2.75, 3.05) is 19.3 Å². The first-order chi connectivity index (χ1) is 7.97. The van der Waals surface area contributed by atoms with Crippen molar-refractivity contribution in [2.24, 2.45) is 5.92 Å². The fourth-order valence-corrected chi connectivity index (χ4v) is 3.52. The van der Waals surface area contributed by atoms with Gasteiger partial charge in [0, 0.05) is 13.1 Å². The van der Waals surface area contributed by atoms with Crippen LogP contribution in [-0.2, 0) is 10.0 Å². The Balaban J connectivity index is 2.20. The molecule has 3 nitrogen and oxygen atoms in total. The van der Waals surface area contributed by atoms with Crippen LogP contribution in [-0.4, -0.2) is 32.1 Å². The van der Waals surface area contributed by atoms with Crippen molar-refractivity contribution >= 4 is 10.0 Å². The van der Waals surface area contributed by atoms with Crippen LogP contribution in [0.1, 0.15) is 24.8 Å². The summed E-state index contributed by atoms with van der Waals surface area (Å²) in [7, 11) is -3.07. The van der Waals surface area contributed by atoms with Crippen LogP contribution in [0.25, 0.3) is 0 Å². The normalized spacial score (nSPS) is 26.9. The van der Waals surface area contributed by atoms with Crippen LogP contribution in [0.2, 0.25) is 0 Å². The van der Waals surface area contributed by atoms with Crippen LogP contribution in [0.15, 0.2) is 30.3 Å². The molecule has 1 aliphatic rings. The predicted octanol–water partition coefficient (Wildman–Crippen LogP) is 2.07. The summed E-state index contributed by atoms with van der Waals surface area (Å²) in [5.41, 5.74) is 1.24. The Morgan fingerprint density at radius 1 is 1.18 bits per heavy atom. The largest absolute Gasteiger partial charge is 0.213 e. The molecular formula is C13H19NO2S. The lowest BCUT2D eigenvalue weighted by molar-refractivity contribution is 0.254. The molecule has 1 aromatic rings. The van der Waals surface area contributed by atoms with Gasteiger partial charge in [-0.15, -0.1) is 0 Å². The molecule has 0 aliphatic carbocycles. The molecule has 1 fully saturated rings. The second kappa shape index (κ2) is 4.78. The summed E-state index contributed by atoms with van der Waals surface area (Å²) in [6, 6.07) is 10.2. The molecular weight excluding hydrogens is 234 g/mol. The van der Waals surface area contributed by atoms with E-state index in [0.717, 1.165) is 6.42 Å². The molecule has 1 heterocycles. The van der Waals surface area contributed by atoms with Gasteiger partial charge in [-0.05, 0) is 23.8 Å². The standard InChI is InChI=1S/C13H19NO2S/c1-11-8-13(12-6-4-3-5-7-12)10-14(9-11)17(2,15)16/h3-7,11,13H,8-10H2,1-2H3. The third-order valence-corrected chi connectivity index (χ3v) is 4.60. The molecule has 2 rings (SSSR count). The first-order valence-corrected chi connectivity index (χ1v) is 7.81. The van der Waals surface area contributed by atoms with Crippen molar-refractivity contribution in [1.29, 1.82) is 0 Å². The van der Waals surface area contributed by atoms with Crippen molar-refractivity contribution in [1.82, 2.24) is 4.31 Å². The van der Waals surface area contributed by atoms with Gasteiger partial charge in [0.2, 0.25) is 10.0 Å². The van der Waals surface area contributed by atoms with Crippen molar-refractivity contribution in [3.63, 3.8) is 0 Å². The van der Waals surface area contributed by atoms with E-state index in [1.807, 2.05) is 18.2 Å². The van der Waals surface area contributed by atoms with Crippen LogP contribution in [0.5, 0.6) is 0 Å². The number of nitrogens with zero attached hydrogens (tertiary/aromatic N) is 1. The topological polar surface area (TPSA) is 37.4 Å². The van der Waals surface area contributed by atoms with Crippen LogP contribution in [0.3, 0.4) is 0 Å². The lowest BCUT2D eigenvalue weighted by Crippen LogP contribution is -2.41. The average Bonchev–Trinajstić information content (AvgIpc) is 2.28. The number of hydrogen-bond acceptors (Lipinski definition) is 2. The highest BCUT2D eigenvalue weighted by Crippen LogP contribution is 2.30. The lowest BCUT2D eigenvalue weighted by atomic mass is 9.86. The van der Waals surface area contributed by atoms with Crippen molar-refractivity contribution in [3.8, 4) is 0 Å². The molecule has 17 heavy (non-hydrogen) atoms. The predicted molar refractivity (Wildman–Crippen MR) is 69.4 cm³/mol. The van der Waals surface area contributed by atoms with Gasteiger partial charge in [-0.3, -0.25) is 0 Å². The van der Waals surface area contributed by atoms with E-state index in [9.17, 15) is 8.42 Å². The van der Waals surface area contributed by atoms with Crippen LogP contribution in [0.4, 0.5) is 0 Å². The fourth-order valence-electron chi connectivity index (χ4n) is 2.54. The molecule has 1 aliphatic heterocycles. The number of hydrogen-bond donors (Lipinski definition) is 0. The average molecular weight is 253 g/mol. The molecule has 0 N–H and O–H groups in total. The monoisotopic (exact) mass is 253 g/mol. The summed E-state index contributed by atoms with van der Waals surface area (Å²) in [6.45, 7) is 3.39. The first kappa shape index (κ1) is 12.6. The Kier molecular flexibility index (Phi) is 3.54.